The van der Waals surface area contributed by atoms with Gasteiger partial charge < -0.3 is 9.72 Å². The number of aromatic nitrogens is 3. The second-order valence-corrected chi connectivity index (χ2v) is 9.19. The highest BCUT2D eigenvalue weighted by atomic mass is 35.5. The van der Waals surface area contributed by atoms with Crippen molar-refractivity contribution < 1.29 is 4.74 Å². The summed E-state index contributed by atoms with van der Waals surface area (Å²) in [4.78, 5) is 28.5. The van der Waals surface area contributed by atoms with E-state index in [2.05, 4.69) is 14.9 Å². The number of nitrogens with one attached hydrogen (secondary N) is 1. The molecule has 0 saturated carbocycles. The van der Waals surface area contributed by atoms with Gasteiger partial charge in [-0.3, -0.25) is 9.69 Å². The second-order valence-electron chi connectivity index (χ2n) is 7.64. The highest BCUT2D eigenvalue weighted by Gasteiger charge is 2.22. The van der Waals surface area contributed by atoms with Crippen molar-refractivity contribution in [2.24, 2.45) is 0 Å². The number of ether oxygens (including phenoxy) is 1. The molecule has 0 aliphatic carbocycles. The number of thiazole rings is 1. The maximum Gasteiger partial charge on any atom is 0.255 e. The Morgan fingerprint density at radius 3 is 2.81 bits per heavy atom. The second kappa shape index (κ2) is 8.86. The van der Waals surface area contributed by atoms with E-state index < -0.39 is 0 Å². The van der Waals surface area contributed by atoms with Crippen LogP contribution in [0.5, 0.6) is 5.75 Å². The summed E-state index contributed by atoms with van der Waals surface area (Å²) in [6.45, 7) is 2.15. The summed E-state index contributed by atoms with van der Waals surface area (Å²) in [5.74, 6) is 1.40. The zero-order valence-electron chi connectivity index (χ0n) is 17.5. The fourth-order valence-electron chi connectivity index (χ4n) is 3.91. The Morgan fingerprint density at radius 2 is 2.00 bits per heavy atom. The Kier molecular flexibility index (Phi) is 5.78. The predicted molar refractivity (Wildman–Crippen MR) is 127 cm³/mol. The average molecular weight is 465 g/mol. The van der Waals surface area contributed by atoms with Crippen LogP contribution in [0.3, 0.4) is 0 Å². The van der Waals surface area contributed by atoms with E-state index in [1.54, 1.807) is 30.6 Å². The third-order valence-electron chi connectivity index (χ3n) is 5.54. The van der Waals surface area contributed by atoms with Crippen molar-refractivity contribution in [1.82, 2.24) is 19.9 Å². The van der Waals surface area contributed by atoms with Gasteiger partial charge in [0.1, 0.15) is 16.6 Å². The summed E-state index contributed by atoms with van der Waals surface area (Å²) >= 11 is 7.62. The number of rotatable bonds is 5. The molecule has 0 spiro atoms. The highest BCUT2D eigenvalue weighted by Crippen LogP contribution is 2.33. The lowest BCUT2D eigenvalue weighted by Gasteiger charge is -2.27. The Balaban J connectivity index is 1.34. The van der Waals surface area contributed by atoms with Crippen molar-refractivity contribution in [2.75, 3.05) is 13.7 Å². The molecule has 8 heteroatoms. The first-order valence-corrected chi connectivity index (χ1v) is 11.5. The Labute approximate surface area is 194 Å². The van der Waals surface area contributed by atoms with Crippen LogP contribution in [0.4, 0.5) is 0 Å². The van der Waals surface area contributed by atoms with Gasteiger partial charge in [-0.25, -0.2) is 9.97 Å². The smallest absolute Gasteiger partial charge is 0.255 e. The Bertz CT molecular complexity index is 1320. The summed E-state index contributed by atoms with van der Waals surface area (Å²) in [7, 11) is 1.67. The molecule has 2 aromatic heterocycles. The number of hydrogen-bond donors (Lipinski definition) is 1. The van der Waals surface area contributed by atoms with E-state index in [9.17, 15) is 4.79 Å². The van der Waals surface area contributed by atoms with Crippen LogP contribution in [-0.2, 0) is 19.5 Å². The topological polar surface area (TPSA) is 71.1 Å². The maximum atomic E-state index is 12.8. The SMILES string of the molecule is COc1ccccc1-c1ncc(CN2CCc3nc(-c4ccc(Cl)cc4)[nH]c(=O)c3C2)s1. The maximum absolute atomic E-state index is 12.8. The number of H-pyrrole nitrogens is 1. The lowest BCUT2D eigenvalue weighted by Crippen LogP contribution is -2.35. The van der Waals surface area contributed by atoms with Gasteiger partial charge in [-0.2, -0.15) is 0 Å². The minimum absolute atomic E-state index is 0.0799. The van der Waals surface area contributed by atoms with Crippen LogP contribution in [0.15, 0.2) is 59.5 Å². The minimum Gasteiger partial charge on any atom is -0.496 e. The number of nitrogens with zero attached hydrogens (tertiary/aromatic N) is 3. The fourth-order valence-corrected chi connectivity index (χ4v) is 5.02. The van der Waals surface area contributed by atoms with Crippen LogP contribution in [0.25, 0.3) is 22.0 Å². The van der Waals surface area contributed by atoms with Crippen molar-refractivity contribution >= 4 is 22.9 Å². The number of hydrogen-bond acceptors (Lipinski definition) is 6. The summed E-state index contributed by atoms with van der Waals surface area (Å²) in [6, 6.07) is 15.2. The molecule has 3 heterocycles. The van der Waals surface area contributed by atoms with Gasteiger partial charge in [-0.05, 0) is 36.4 Å². The van der Waals surface area contributed by atoms with Gasteiger partial charge in [0.15, 0.2) is 0 Å². The molecule has 5 rings (SSSR count). The number of fused-ring (bicyclic) bond motifs is 1. The normalized spacial score (nSPS) is 13.7. The van der Waals surface area contributed by atoms with Crippen LogP contribution in [0.2, 0.25) is 5.02 Å². The van der Waals surface area contributed by atoms with Gasteiger partial charge in [0.2, 0.25) is 0 Å². The summed E-state index contributed by atoms with van der Waals surface area (Å²) in [5.41, 5.74) is 3.37. The summed E-state index contributed by atoms with van der Waals surface area (Å²) < 4.78 is 5.46. The van der Waals surface area contributed by atoms with Crippen LogP contribution in [0.1, 0.15) is 16.1 Å². The molecule has 32 heavy (non-hydrogen) atoms. The molecule has 0 atom stereocenters. The molecule has 1 N–H and O–H groups in total. The third-order valence-corrected chi connectivity index (χ3v) is 6.80. The molecule has 4 aromatic rings. The Hall–Kier alpha value is -3.00. The minimum atomic E-state index is -0.0799. The Morgan fingerprint density at radius 1 is 1.19 bits per heavy atom. The van der Waals surface area contributed by atoms with Crippen LogP contribution in [0, 0.1) is 0 Å². The van der Waals surface area contributed by atoms with Gasteiger partial charge in [-0.1, -0.05) is 23.7 Å². The van der Waals surface area contributed by atoms with Crippen molar-refractivity contribution in [2.45, 2.75) is 19.5 Å². The van der Waals surface area contributed by atoms with Gasteiger partial charge in [0.05, 0.1) is 23.9 Å². The van der Waals surface area contributed by atoms with Crippen molar-refractivity contribution in [3.63, 3.8) is 0 Å². The first-order chi connectivity index (χ1) is 15.6. The molecular weight excluding hydrogens is 444 g/mol. The highest BCUT2D eigenvalue weighted by molar-refractivity contribution is 7.15. The number of para-hydroxylation sites is 1. The molecule has 6 nitrogen and oxygen atoms in total. The fraction of sp³-hybridized carbons (Fsp3) is 0.208. The largest absolute Gasteiger partial charge is 0.496 e. The number of methoxy groups -OCH3 is 1. The van der Waals surface area contributed by atoms with Gasteiger partial charge >= 0.3 is 0 Å². The van der Waals surface area contributed by atoms with Gasteiger partial charge in [0, 0.05) is 47.7 Å². The lowest BCUT2D eigenvalue weighted by molar-refractivity contribution is 0.244. The molecule has 2 aromatic carbocycles. The molecule has 162 valence electrons. The van der Waals surface area contributed by atoms with Crippen molar-refractivity contribution in [3.05, 3.63) is 86.2 Å². The van der Waals surface area contributed by atoms with E-state index in [1.165, 1.54) is 0 Å². The monoisotopic (exact) mass is 464 g/mol. The molecule has 1 aliphatic heterocycles. The number of aromatic amines is 1. The van der Waals surface area contributed by atoms with Crippen LogP contribution >= 0.6 is 22.9 Å². The zero-order valence-corrected chi connectivity index (χ0v) is 19.0. The lowest BCUT2D eigenvalue weighted by atomic mass is 10.1. The first-order valence-electron chi connectivity index (χ1n) is 10.3. The molecule has 0 unspecified atom stereocenters. The molecule has 0 amide bonds. The van der Waals surface area contributed by atoms with E-state index in [1.807, 2.05) is 42.6 Å². The summed E-state index contributed by atoms with van der Waals surface area (Å²) in [6.07, 6.45) is 2.64. The predicted octanol–water partition coefficient (Wildman–Crippen LogP) is 4.78. The average Bonchev–Trinajstić information content (AvgIpc) is 3.28. The quantitative estimate of drug-likeness (QED) is 0.460. The van der Waals surface area contributed by atoms with E-state index in [0.29, 0.717) is 17.4 Å². The zero-order chi connectivity index (χ0) is 22.1. The molecule has 0 fully saturated rings. The standard InChI is InChI=1S/C24H21ClN4O2S/c1-31-21-5-3-2-4-18(21)24-26-12-17(32-24)13-29-11-10-20-19(14-29)23(30)28-22(27-20)15-6-8-16(25)9-7-15/h2-9,12H,10-11,13-14H2,1H3,(H,27,28,30). The molecule has 0 saturated heterocycles. The van der Waals surface area contributed by atoms with Gasteiger partial charge in [-0.15, -0.1) is 11.3 Å². The van der Waals surface area contributed by atoms with E-state index >= 15 is 0 Å². The molecule has 0 radical (unpaired) electrons. The third kappa shape index (κ3) is 4.19. The van der Waals surface area contributed by atoms with Gasteiger partial charge in [0.25, 0.3) is 5.56 Å². The van der Waals surface area contributed by atoms with Crippen LogP contribution < -0.4 is 10.3 Å². The van der Waals surface area contributed by atoms with E-state index in [-0.39, 0.29) is 5.56 Å². The number of benzene rings is 2. The summed E-state index contributed by atoms with van der Waals surface area (Å²) in [5, 5.41) is 1.59. The van der Waals surface area contributed by atoms with E-state index in [4.69, 9.17) is 21.3 Å². The first kappa shape index (κ1) is 20.9. The van der Waals surface area contributed by atoms with Crippen LogP contribution in [-0.4, -0.2) is 33.5 Å². The molecule has 0 bridgehead atoms. The number of halogens is 1. The molecular formula is C24H21ClN4O2S. The van der Waals surface area contributed by atoms with E-state index in [0.717, 1.165) is 57.5 Å². The molecule has 1 aliphatic rings. The van der Waals surface area contributed by atoms with Crippen molar-refractivity contribution in [3.8, 4) is 27.7 Å². The van der Waals surface area contributed by atoms with Crippen molar-refractivity contribution in [1.29, 1.82) is 0 Å².